The number of carbonyl (C=O) groups is 2. The summed E-state index contributed by atoms with van der Waals surface area (Å²) in [5.41, 5.74) is 4.94. The van der Waals surface area contributed by atoms with Gasteiger partial charge in [0.1, 0.15) is 12.1 Å². The molecule has 8 heteroatoms. The smallest absolute Gasteiger partial charge is 0.408 e. The molecule has 0 spiro atoms. The summed E-state index contributed by atoms with van der Waals surface area (Å²) < 4.78 is 6.57. The number of hydrogen-bond donors (Lipinski definition) is 3. The predicted molar refractivity (Wildman–Crippen MR) is 70.6 cm³/mol. The summed E-state index contributed by atoms with van der Waals surface area (Å²) in [5.74, 6) is -0.543. The predicted octanol–water partition coefficient (Wildman–Crippen LogP) is -0.0735. The van der Waals surface area contributed by atoms with E-state index in [0.29, 0.717) is 5.69 Å². The van der Waals surface area contributed by atoms with Gasteiger partial charge in [-0.3, -0.25) is 4.79 Å². The molecular formula is C12H20N4O4. The molecule has 0 radical (unpaired) electrons. The Morgan fingerprint density at radius 1 is 1.55 bits per heavy atom. The van der Waals surface area contributed by atoms with Crippen LogP contribution in [-0.4, -0.2) is 38.9 Å². The Hall–Kier alpha value is -2.09. The second-order valence-corrected chi connectivity index (χ2v) is 5.29. The Morgan fingerprint density at radius 3 is 2.70 bits per heavy atom. The first-order valence-corrected chi connectivity index (χ1v) is 6.11. The standard InChI is InChI=1S/C12H20N4O4/c1-12(2,3)20-11(19)15-8(6-17)9-4-14-7-16(9)5-10(13)18/h4,7-8,17H,5-6H2,1-3H3,(H2,13,18)(H,15,19). The highest BCUT2D eigenvalue weighted by Gasteiger charge is 2.22. The van der Waals surface area contributed by atoms with E-state index in [2.05, 4.69) is 10.3 Å². The normalized spacial score (nSPS) is 12.8. The van der Waals surface area contributed by atoms with Crippen molar-refractivity contribution in [1.82, 2.24) is 14.9 Å². The Balaban J connectivity index is 2.78. The molecule has 1 heterocycles. The van der Waals surface area contributed by atoms with Crippen molar-refractivity contribution >= 4 is 12.0 Å². The number of nitrogens with one attached hydrogen (secondary N) is 1. The average molecular weight is 284 g/mol. The fourth-order valence-electron chi connectivity index (χ4n) is 1.58. The van der Waals surface area contributed by atoms with Crippen molar-refractivity contribution in [1.29, 1.82) is 0 Å². The molecule has 20 heavy (non-hydrogen) atoms. The van der Waals surface area contributed by atoms with Crippen LogP contribution in [0.4, 0.5) is 4.79 Å². The van der Waals surface area contributed by atoms with Crippen LogP contribution in [0.5, 0.6) is 0 Å². The van der Waals surface area contributed by atoms with Gasteiger partial charge in [0.2, 0.25) is 5.91 Å². The van der Waals surface area contributed by atoms with Gasteiger partial charge in [-0.25, -0.2) is 9.78 Å². The molecule has 1 aromatic heterocycles. The Bertz CT molecular complexity index is 478. The summed E-state index contributed by atoms with van der Waals surface area (Å²) >= 11 is 0. The minimum atomic E-state index is -0.730. The summed E-state index contributed by atoms with van der Waals surface area (Å²) in [6.45, 7) is 4.76. The number of aromatic nitrogens is 2. The van der Waals surface area contributed by atoms with E-state index in [0.717, 1.165) is 0 Å². The lowest BCUT2D eigenvalue weighted by atomic mass is 10.2. The van der Waals surface area contributed by atoms with Gasteiger partial charge < -0.3 is 25.5 Å². The molecule has 2 amide bonds. The van der Waals surface area contributed by atoms with E-state index < -0.39 is 23.6 Å². The lowest BCUT2D eigenvalue weighted by Gasteiger charge is -2.23. The molecule has 0 bridgehead atoms. The Labute approximate surface area is 116 Å². The van der Waals surface area contributed by atoms with Crippen LogP contribution < -0.4 is 11.1 Å². The minimum Gasteiger partial charge on any atom is -0.444 e. The molecule has 0 aliphatic rings. The zero-order valence-corrected chi connectivity index (χ0v) is 11.8. The number of nitrogens with zero attached hydrogens (tertiary/aromatic N) is 2. The van der Waals surface area contributed by atoms with Crippen LogP contribution in [0.3, 0.4) is 0 Å². The maximum Gasteiger partial charge on any atom is 0.408 e. The molecule has 0 saturated heterocycles. The maximum atomic E-state index is 11.7. The number of amides is 2. The number of hydrogen-bond acceptors (Lipinski definition) is 5. The van der Waals surface area contributed by atoms with E-state index >= 15 is 0 Å². The second-order valence-electron chi connectivity index (χ2n) is 5.29. The second kappa shape index (κ2) is 6.38. The van der Waals surface area contributed by atoms with Gasteiger partial charge in [0.05, 0.1) is 30.9 Å². The van der Waals surface area contributed by atoms with E-state index in [9.17, 15) is 14.7 Å². The zero-order chi connectivity index (χ0) is 15.3. The van der Waals surface area contributed by atoms with Crippen molar-refractivity contribution in [3.05, 3.63) is 18.2 Å². The van der Waals surface area contributed by atoms with E-state index in [1.807, 2.05) is 0 Å². The van der Waals surface area contributed by atoms with Crippen molar-refractivity contribution in [3.8, 4) is 0 Å². The summed E-state index contributed by atoms with van der Waals surface area (Å²) in [4.78, 5) is 26.5. The molecule has 1 aromatic rings. The average Bonchev–Trinajstić information content (AvgIpc) is 2.70. The topological polar surface area (TPSA) is 119 Å². The van der Waals surface area contributed by atoms with Crippen LogP contribution in [0.25, 0.3) is 0 Å². The van der Waals surface area contributed by atoms with Crippen LogP contribution in [0.2, 0.25) is 0 Å². The molecule has 0 aromatic carbocycles. The summed E-state index contributed by atoms with van der Waals surface area (Å²) in [6, 6.07) is -0.730. The van der Waals surface area contributed by atoms with Crippen LogP contribution >= 0.6 is 0 Å². The molecule has 1 unspecified atom stereocenters. The van der Waals surface area contributed by atoms with Crippen LogP contribution in [-0.2, 0) is 16.1 Å². The van der Waals surface area contributed by atoms with Crippen LogP contribution in [0.1, 0.15) is 32.5 Å². The highest BCUT2D eigenvalue weighted by molar-refractivity contribution is 5.73. The van der Waals surface area contributed by atoms with Gasteiger partial charge in [0.25, 0.3) is 0 Å². The van der Waals surface area contributed by atoms with Crippen molar-refractivity contribution in [2.45, 2.75) is 39.0 Å². The van der Waals surface area contributed by atoms with Crippen molar-refractivity contribution in [2.75, 3.05) is 6.61 Å². The quantitative estimate of drug-likeness (QED) is 0.699. The Morgan fingerprint density at radius 2 is 2.20 bits per heavy atom. The van der Waals surface area contributed by atoms with E-state index in [4.69, 9.17) is 10.5 Å². The van der Waals surface area contributed by atoms with E-state index in [-0.39, 0.29) is 13.2 Å². The monoisotopic (exact) mass is 284 g/mol. The van der Waals surface area contributed by atoms with Gasteiger partial charge in [0, 0.05) is 0 Å². The van der Waals surface area contributed by atoms with Crippen molar-refractivity contribution in [2.24, 2.45) is 5.73 Å². The molecule has 0 saturated carbocycles. The first-order valence-electron chi connectivity index (χ1n) is 6.11. The number of imidazole rings is 1. The molecule has 0 fully saturated rings. The number of nitrogens with two attached hydrogens (primary N) is 1. The maximum absolute atomic E-state index is 11.7. The number of ether oxygens (including phenoxy) is 1. The molecule has 1 atom stereocenters. The van der Waals surface area contributed by atoms with E-state index in [1.54, 1.807) is 20.8 Å². The third kappa shape index (κ3) is 4.88. The van der Waals surface area contributed by atoms with Gasteiger partial charge in [-0.15, -0.1) is 0 Å². The van der Waals surface area contributed by atoms with Crippen molar-refractivity contribution in [3.63, 3.8) is 0 Å². The minimum absolute atomic E-state index is 0.0815. The van der Waals surface area contributed by atoms with Gasteiger partial charge in [0.15, 0.2) is 0 Å². The molecule has 112 valence electrons. The number of carbonyl (C=O) groups excluding carboxylic acids is 2. The zero-order valence-electron chi connectivity index (χ0n) is 11.8. The van der Waals surface area contributed by atoms with Crippen LogP contribution in [0, 0.1) is 0 Å². The number of aliphatic hydroxyl groups excluding tert-OH is 1. The third-order valence-electron chi connectivity index (χ3n) is 2.30. The fourth-order valence-corrected chi connectivity index (χ4v) is 1.58. The molecule has 4 N–H and O–H groups in total. The largest absolute Gasteiger partial charge is 0.444 e. The molecule has 8 nitrogen and oxygen atoms in total. The number of rotatable bonds is 5. The SMILES string of the molecule is CC(C)(C)OC(=O)NC(CO)c1cncn1CC(N)=O. The highest BCUT2D eigenvalue weighted by atomic mass is 16.6. The Kier molecular flexibility index (Phi) is 5.09. The number of primary amides is 1. The van der Waals surface area contributed by atoms with Gasteiger partial charge >= 0.3 is 6.09 Å². The lowest BCUT2D eigenvalue weighted by Crippen LogP contribution is -2.37. The third-order valence-corrected chi connectivity index (χ3v) is 2.30. The van der Waals surface area contributed by atoms with E-state index in [1.165, 1.54) is 17.1 Å². The summed E-state index contributed by atoms with van der Waals surface area (Å²) in [6.07, 6.45) is 2.18. The fraction of sp³-hybridized carbons (Fsp3) is 0.583. The first kappa shape index (κ1) is 16.0. The summed E-state index contributed by atoms with van der Waals surface area (Å²) in [5, 5.41) is 11.9. The number of aliphatic hydroxyl groups is 1. The molecule has 0 aliphatic heterocycles. The highest BCUT2D eigenvalue weighted by Crippen LogP contribution is 2.14. The summed E-state index contributed by atoms with van der Waals surface area (Å²) in [7, 11) is 0. The first-order chi connectivity index (χ1) is 9.23. The molecule has 0 aliphatic carbocycles. The number of alkyl carbamates (subject to hydrolysis) is 1. The van der Waals surface area contributed by atoms with Gasteiger partial charge in [-0.05, 0) is 20.8 Å². The molecular weight excluding hydrogens is 264 g/mol. The van der Waals surface area contributed by atoms with Crippen LogP contribution in [0.15, 0.2) is 12.5 Å². The lowest BCUT2D eigenvalue weighted by molar-refractivity contribution is -0.118. The van der Waals surface area contributed by atoms with Gasteiger partial charge in [-0.1, -0.05) is 0 Å². The molecule has 1 rings (SSSR count). The van der Waals surface area contributed by atoms with Crippen molar-refractivity contribution < 1.29 is 19.4 Å². The van der Waals surface area contributed by atoms with Gasteiger partial charge in [-0.2, -0.15) is 0 Å².